The largest absolute Gasteiger partial charge is 0.466 e. The van der Waals surface area contributed by atoms with Gasteiger partial charge in [0.15, 0.2) is 0 Å². The summed E-state index contributed by atoms with van der Waals surface area (Å²) in [5.41, 5.74) is 0. The molecule has 1 aromatic rings. The summed E-state index contributed by atoms with van der Waals surface area (Å²) in [5, 5.41) is 3.57. The lowest BCUT2D eigenvalue weighted by Crippen LogP contribution is -2.42. The SMILES string of the molecule is CCOC(=O)CCC(NC(=O)c1ccc(N(C)C)s1)C(=O)OCC. The molecule has 1 atom stereocenters. The van der Waals surface area contributed by atoms with Crippen LogP contribution in [-0.4, -0.2) is 51.2 Å². The van der Waals surface area contributed by atoms with Gasteiger partial charge in [-0.15, -0.1) is 11.3 Å². The van der Waals surface area contributed by atoms with Crippen LogP contribution in [0.2, 0.25) is 0 Å². The number of carbonyl (C=O) groups excluding carboxylic acids is 3. The number of thiophene rings is 1. The minimum Gasteiger partial charge on any atom is -0.466 e. The normalized spacial score (nSPS) is 11.5. The zero-order chi connectivity index (χ0) is 18.1. The van der Waals surface area contributed by atoms with Crippen molar-refractivity contribution in [1.29, 1.82) is 0 Å². The summed E-state index contributed by atoms with van der Waals surface area (Å²) in [5.74, 6) is -1.33. The number of amides is 1. The van der Waals surface area contributed by atoms with Crippen LogP contribution < -0.4 is 10.2 Å². The number of ether oxygens (including phenoxy) is 2. The van der Waals surface area contributed by atoms with E-state index in [0.717, 1.165) is 5.00 Å². The monoisotopic (exact) mass is 356 g/mol. The summed E-state index contributed by atoms with van der Waals surface area (Å²) < 4.78 is 9.81. The van der Waals surface area contributed by atoms with Crippen molar-refractivity contribution in [2.45, 2.75) is 32.7 Å². The van der Waals surface area contributed by atoms with Crippen LogP contribution in [0, 0.1) is 0 Å². The maximum absolute atomic E-state index is 12.3. The van der Waals surface area contributed by atoms with Gasteiger partial charge in [0.05, 0.1) is 23.1 Å². The molecule has 0 aliphatic rings. The molecular weight excluding hydrogens is 332 g/mol. The second-order valence-electron chi connectivity index (χ2n) is 5.15. The van der Waals surface area contributed by atoms with Crippen molar-refractivity contribution in [2.24, 2.45) is 0 Å². The molecule has 0 aromatic carbocycles. The molecule has 0 bridgehead atoms. The highest BCUT2D eigenvalue weighted by atomic mass is 32.1. The number of esters is 2. The molecule has 0 radical (unpaired) electrons. The molecule has 1 unspecified atom stereocenters. The first-order valence-corrected chi connectivity index (χ1v) is 8.60. The Morgan fingerprint density at radius 3 is 2.38 bits per heavy atom. The lowest BCUT2D eigenvalue weighted by Gasteiger charge is -2.16. The molecule has 1 amide bonds. The number of hydrogen-bond donors (Lipinski definition) is 1. The molecule has 0 aliphatic heterocycles. The van der Waals surface area contributed by atoms with Crippen molar-refractivity contribution >= 4 is 34.2 Å². The summed E-state index contributed by atoms with van der Waals surface area (Å²) in [6, 6.07) is 2.65. The highest BCUT2D eigenvalue weighted by Gasteiger charge is 2.24. The summed E-state index contributed by atoms with van der Waals surface area (Å²) >= 11 is 1.32. The van der Waals surface area contributed by atoms with Crippen LogP contribution in [0.25, 0.3) is 0 Å². The van der Waals surface area contributed by atoms with E-state index in [1.54, 1.807) is 19.9 Å². The third kappa shape index (κ3) is 6.19. The van der Waals surface area contributed by atoms with Gasteiger partial charge in [-0.05, 0) is 32.4 Å². The zero-order valence-electron chi connectivity index (χ0n) is 14.5. The van der Waals surface area contributed by atoms with Crippen LogP contribution in [0.3, 0.4) is 0 Å². The number of carbonyl (C=O) groups is 3. The number of anilines is 1. The second kappa shape index (κ2) is 9.92. The fourth-order valence-electron chi connectivity index (χ4n) is 1.91. The number of hydrogen-bond acceptors (Lipinski definition) is 7. The van der Waals surface area contributed by atoms with Crippen molar-refractivity contribution in [3.8, 4) is 0 Å². The second-order valence-corrected chi connectivity index (χ2v) is 6.22. The van der Waals surface area contributed by atoms with E-state index >= 15 is 0 Å². The number of nitrogens with zero attached hydrogens (tertiary/aromatic N) is 1. The molecular formula is C16H24N2O5S. The molecule has 1 N–H and O–H groups in total. The molecule has 7 nitrogen and oxygen atoms in total. The molecule has 0 fully saturated rings. The van der Waals surface area contributed by atoms with E-state index in [1.165, 1.54) is 11.3 Å². The predicted molar refractivity (Wildman–Crippen MR) is 92.4 cm³/mol. The minimum absolute atomic E-state index is 0.0327. The van der Waals surface area contributed by atoms with Gasteiger partial charge in [-0.1, -0.05) is 0 Å². The van der Waals surface area contributed by atoms with E-state index in [1.807, 2.05) is 25.1 Å². The van der Waals surface area contributed by atoms with Crippen LogP contribution in [0.15, 0.2) is 12.1 Å². The third-order valence-electron chi connectivity index (χ3n) is 3.08. The van der Waals surface area contributed by atoms with Crippen LogP contribution in [0.5, 0.6) is 0 Å². The predicted octanol–water partition coefficient (Wildman–Crippen LogP) is 1.82. The minimum atomic E-state index is -0.883. The Kier molecular flexibility index (Phi) is 8.25. The van der Waals surface area contributed by atoms with Crippen LogP contribution in [-0.2, 0) is 19.1 Å². The maximum Gasteiger partial charge on any atom is 0.328 e. The molecule has 0 aliphatic carbocycles. The summed E-state index contributed by atoms with van der Waals surface area (Å²) in [6.45, 7) is 3.87. The Hall–Kier alpha value is -2.09. The molecule has 24 heavy (non-hydrogen) atoms. The molecule has 0 spiro atoms. The quantitative estimate of drug-likeness (QED) is 0.680. The van der Waals surface area contributed by atoms with E-state index in [2.05, 4.69) is 5.32 Å². The van der Waals surface area contributed by atoms with Gasteiger partial charge < -0.3 is 19.7 Å². The molecule has 0 saturated carbocycles. The summed E-state index contributed by atoms with van der Waals surface area (Å²) in [4.78, 5) is 38.2. The first-order valence-electron chi connectivity index (χ1n) is 7.79. The van der Waals surface area contributed by atoms with Gasteiger partial charge in [0, 0.05) is 20.5 Å². The van der Waals surface area contributed by atoms with E-state index in [0.29, 0.717) is 4.88 Å². The molecule has 8 heteroatoms. The van der Waals surface area contributed by atoms with Gasteiger partial charge in [0.2, 0.25) is 0 Å². The van der Waals surface area contributed by atoms with E-state index < -0.39 is 18.0 Å². The molecule has 0 saturated heterocycles. The lowest BCUT2D eigenvalue weighted by atomic mass is 10.1. The van der Waals surface area contributed by atoms with Gasteiger partial charge in [-0.25, -0.2) is 4.79 Å². The van der Waals surface area contributed by atoms with E-state index in [9.17, 15) is 14.4 Å². The highest BCUT2D eigenvalue weighted by Crippen LogP contribution is 2.24. The molecule has 1 rings (SSSR count). The Balaban J connectivity index is 2.73. The smallest absolute Gasteiger partial charge is 0.328 e. The van der Waals surface area contributed by atoms with E-state index in [4.69, 9.17) is 9.47 Å². The fraction of sp³-hybridized carbons (Fsp3) is 0.562. The standard InChI is InChI=1S/C16H24N2O5S/c1-5-22-14(19)10-7-11(16(21)23-6-2)17-15(20)12-8-9-13(24-12)18(3)4/h8-9,11H,5-7,10H2,1-4H3,(H,17,20). The Labute approximate surface area is 145 Å². The molecule has 1 aromatic heterocycles. The first-order chi connectivity index (χ1) is 11.4. The topological polar surface area (TPSA) is 84.9 Å². The Morgan fingerprint density at radius 2 is 1.83 bits per heavy atom. The first kappa shape index (κ1) is 20.0. The third-order valence-corrected chi connectivity index (χ3v) is 4.33. The van der Waals surface area contributed by atoms with Crippen LogP contribution in [0.4, 0.5) is 5.00 Å². The van der Waals surface area contributed by atoms with Crippen LogP contribution in [0.1, 0.15) is 36.4 Å². The van der Waals surface area contributed by atoms with Crippen molar-refractivity contribution in [3.63, 3.8) is 0 Å². The molecule has 1 heterocycles. The average molecular weight is 356 g/mol. The number of rotatable bonds is 9. The maximum atomic E-state index is 12.3. The Morgan fingerprint density at radius 1 is 1.17 bits per heavy atom. The van der Waals surface area contributed by atoms with Gasteiger partial charge in [0.25, 0.3) is 5.91 Å². The summed E-state index contributed by atoms with van der Waals surface area (Å²) in [6.07, 6.45) is 0.167. The van der Waals surface area contributed by atoms with Crippen molar-refractivity contribution in [1.82, 2.24) is 5.32 Å². The van der Waals surface area contributed by atoms with Gasteiger partial charge in [-0.3, -0.25) is 9.59 Å². The van der Waals surface area contributed by atoms with Crippen molar-refractivity contribution in [3.05, 3.63) is 17.0 Å². The number of nitrogens with one attached hydrogen (secondary N) is 1. The fourth-order valence-corrected chi connectivity index (χ4v) is 2.74. The highest BCUT2D eigenvalue weighted by molar-refractivity contribution is 7.17. The van der Waals surface area contributed by atoms with E-state index in [-0.39, 0.29) is 32.0 Å². The average Bonchev–Trinajstić information content (AvgIpc) is 3.02. The zero-order valence-corrected chi connectivity index (χ0v) is 15.3. The van der Waals surface area contributed by atoms with Crippen LogP contribution >= 0.6 is 11.3 Å². The summed E-state index contributed by atoms with van der Waals surface area (Å²) in [7, 11) is 3.77. The molecule has 134 valence electrons. The van der Waals surface area contributed by atoms with Gasteiger partial charge in [0.1, 0.15) is 6.04 Å². The van der Waals surface area contributed by atoms with Gasteiger partial charge in [-0.2, -0.15) is 0 Å². The Bertz CT molecular complexity index is 571. The van der Waals surface area contributed by atoms with Gasteiger partial charge >= 0.3 is 11.9 Å². The lowest BCUT2D eigenvalue weighted by molar-refractivity contribution is -0.146. The van der Waals surface area contributed by atoms with Crippen molar-refractivity contribution in [2.75, 3.05) is 32.2 Å². The van der Waals surface area contributed by atoms with Crippen molar-refractivity contribution < 1.29 is 23.9 Å².